The second-order valence-corrected chi connectivity index (χ2v) is 3.21. The topological polar surface area (TPSA) is 87.4 Å². The minimum Gasteiger partial charge on any atom is -0.396 e. The molecule has 0 atom stereocenters. The van der Waals surface area contributed by atoms with Gasteiger partial charge in [0.15, 0.2) is 0 Å². The van der Waals surface area contributed by atoms with Gasteiger partial charge in [0, 0.05) is 20.2 Å². The number of nitrogens with one attached hydrogen (secondary N) is 2. The Kier molecular flexibility index (Phi) is 4.53. The van der Waals surface area contributed by atoms with Crippen molar-refractivity contribution in [2.45, 2.75) is 6.42 Å². The molecule has 0 aromatic heterocycles. The van der Waals surface area contributed by atoms with Gasteiger partial charge in [0.2, 0.25) is 0 Å². The van der Waals surface area contributed by atoms with Crippen molar-refractivity contribution in [1.29, 1.82) is 0 Å². The quantitative estimate of drug-likeness (QED) is 0.387. The van der Waals surface area contributed by atoms with Crippen LogP contribution in [0.5, 0.6) is 0 Å². The van der Waals surface area contributed by atoms with E-state index in [-0.39, 0.29) is 12.3 Å². The highest BCUT2D eigenvalue weighted by molar-refractivity contribution is 5.75. The highest BCUT2D eigenvalue weighted by Gasteiger charge is 2.18. The third-order valence-electron chi connectivity index (χ3n) is 2.14. The van der Waals surface area contributed by atoms with Crippen molar-refractivity contribution in [3.63, 3.8) is 0 Å². The molecule has 0 spiro atoms. The first-order valence-electron chi connectivity index (χ1n) is 5.00. The summed E-state index contributed by atoms with van der Waals surface area (Å²) in [7, 11) is 1.64. The third kappa shape index (κ3) is 2.83. The molecule has 1 rings (SSSR count). The molecule has 3 N–H and O–H groups in total. The summed E-state index contributed by atoms with van der Waals surface area (Å²) in [5.41, 5.74) is 0.965. The van der Waals surface area contributed by atoms with Crippen molar-refractivity contribution >= 4 is 17.1 Å². The van der Waals surface area contributed by atoms with Crippen LogP contribution in [0.3, 0.4) is 0 Å². The second kappa shape index (κ2) is 5.92. The lowest BCUT2D eigenvalue weighted by Crippen LogP contribution is -2.07. The van der Waals surface area contributed by atoms with E-state index in [0.29, 0.717) is 24.3 Å². The molecule has 0 aliphatic heterocycles. The summed E-state index contributed by atoms with van der Waals surface area (Å²) in [6, 6.07) is 5.03. The van der Waals surface area contributed by atoms with Gasteiger partial charge in [0.05, 0.1) is 4.92 Å². The van der Waals surface area contributed by atoms with Gasteiger partial charge in [-0.25, -0.2) is 0 Å². The molecule has 0 radical (unpaired) electrons. The molecule has 16 heavy (non-hydrogen) atoms. The molecule has 6 heteroatoms. The molecule has 1 aromatic carbocycles. The van der Waals surface area contributed by atoms with E-state index in [2.05, 4.69) is 10.6 Å². The van der Waals surface area contributed by atoms with Gasteiger partial charge in [0.1, 0.15) is 11.4 Å². The fourth-order valence-corrected chi connectivity index (χ4v) is 1.39. The highest BCUT2D eigenvalue weighted by atomic mass is 16.6. The van der Waals surface area contributed by atoms with Crippen LogP contribution < -0.4 is 10.6 Å². The fourth-order valence-electron chi connectivity index (χ4n) is 1.39. The molecular formula is C10H15N3O3. The summed E-state index contributed by atoms with van der Waals surface area (Å²) in [5, 5.41) is 25.3. The van der Waals surface area contributed by atoms with Crippen molar-refractivity contribution in [3.8, 4) is 0 Å². The van der Waals surface area contributed by atoms with Crippen LogP contribution in [-0.2, 0) is 0 Å². The van der Waals surface area contributed by atoms with Crippen LogP contribution in [-0.4, -0.2) is 30.2 Å². The van der Waals surface area contributed by atoms with E-state index in [1.54, 1.807) is 25.2 Å². The SMILES string of the molecule is CNc1cccc(NCCCO)c1[N+](=O)[O-]. The summed E-state index contributed by atoms with van der Waals surface area (Å²) in [6.07, 6.45) is 0.556. The van der Waals surface area contributed by atoms with Crippen molar-refractivity contribution in [2.24, 2.45) is 0 Å². The van der Waals surface area contributed by atoms with Gasteiger partial charge >= 0.3 is 5.69 Å². The average Bonchev–Trinajstić information content (AvgIpc) is 2.28. The van der Waals surface area contributed by atoms with Crippen LogP contribution >= 0.6 is 0 Å². The first-order chi connectivity index (χ1) is 7.70. The van der Waals surface area contributed by atoms with Crippen LogP contribution in [0.2, 0.25) is 0 Å². The summed E-state index contributed by atoms with van der Waals surface area (Å²) < 4.78 is 0. The maximum Gasteiger partial charge on any atom is 0.315 e. The summed E-state index contributed by atoms with van der Waals surface area (Å²) in [4.78, 5) is 10.5. The molecule has 0 aliphatic rings. The number of nitrogens with zero attached hydrogens (tertiary/aromatic N) is 1. The van der Waals surface area contributed by atoms with Gasteiger partial charge in [-0.2, -0.15) is 0 Å². The van der Waals surface area contributed by atoms with E-state index in [0.717, 1.165) is 0 Å². The second-order valence-electron chi connectivity index (χ2n) is 3.21. The van der Waals surface area contributed by atoms with Gasteiger partial charge in [0.25, 0.3) is 0 Å². The van der Waals surface area contributed by atoms with Gasteiger partial charge < -0.3 is 15.7 Å². The molecule has 0 saturated carbocycles. The molecule has 0 saturated heterocycles. The molecule has 0 aliphatic carbocycles. The Bertz CT molecular complexity index is 368. The number of anilines is 2. The largest absolute Gasteiger partial charge is 0.396 e. The van der Waals surface area contributed by atoms with Crippen molar-refractivity contribution < 1.29 is 10.0 Å². The lowest BCUT2D eigenvalue weighted by atomic mass is 10.2. The number of nitro groups is 1. The van der Waals surface area contributed by atoms with Crippen LogP contribution in [0.15, 0.2) is 18.2 Å². The third-order valence-corrected chi connectivity index (χ3v) is 2.14. The van der Waals surface area contributed by atoms with E-state index in [1.165, 1.54) is 0 Å². The number of rotatable bonds is 6. The number of aliphatic hydroxyl groups excluding tert-OH is 1. The minimum atomic E-state index is -0.423. The molecule has 6 nitrogen and oxygen atoms in total. The number of hydrogen-bond donors (Lipinski definition) is 3. The van der Waals surface area contributed by atoms with Gasteiger partial charge in [-0.1, -0.05) is 6.07 Å². The Balaban J connectivity index is 2.93. The highest BCUT2D eigenvalue weighted by Crippen LogP contribution is 2.32. The van der Waals surface area contributed by atoms with Gasteiger partial charge in [-0.15, -0.1) is 0 Å². The lowest BCUT2D eigenvalue weighted by Gasteiger charge is -2.09. The number of aliphatic hydroxyl groups is 1. The molecule has 0 heterocycles. The lowest BCUT2D eigenvalue weighted by molar-refractivity contribution is -0.383. The Morgan fingerprint density at radius 2 is 2.12 bits per heavy atom. The summed E-state index contributed by atoms with van der Waals surface area (Å²) in [5.74, 6) is 0. The zero-order valence-corrected chi connectivity index (χ0v) is 9.06. The minimum absolute atomic E-state index is 0.0305. The predicted octanol–water partition coefficient (Wildman–Crippen LogP) is 1.43. The summed E-state index contributed by atoms with van der Waals surface area (Å²) >= 11 is 0. The molecule has 1 aromatic rings. The monoisotopic (exact) mass is 225 g/mol. The predicted molar refractivity (Wildman–Crippen MR) is 62.8 cm³/mol. The van der Waals surface area contributed by atoms with Crippen LogP contribution in [0.4, 0.5) is 17.1 Å². The Hall–Kier alpha value is -1.82. The average molecular weight is 225 g/mol. The zero-order valence-electron chi connectivity index (χ0n) is 9.06. The maximum absolute atomic E-state index is 10.9. The fraction of sp³-hybridized carbons (Fsp3) is 0.400. The van der Waals surface area contributed by atoms with E-state index < -0.39 is 4.92 Å². The van der Waals surface area contributed by atoms with E-state index in [1.807, 2.05) is 0 Å². The standard InChI is InChI=1S/C10H15N3O3/c1-11-8-4-2-5-9(10(8)13(15)16)12-6-3-7-14/h2,4-5,11-12,14H,3,6-7H2,1H3. The smallest absolute Gasteiger partial charge is 0.315 e. The van der Waals surface area contributed by atoms with Crippen LogP contribution in [0.1, 0.15) is 6.42 Å². The maximum atomic E-state index is 10.9. The number of hydrogen-bond acceptors (Lipinski definition) is 5. The Labute approximate surface area is 93.4 Å². The van der Waals surface area contributed by atoms with Crippen LogP contribution in [0, 0.1) is 10.1 Å². The van der Waals surface area contributed by atoms with Gasteiger partial charge in [-0.3, -0.25) is 10.1 Å². The van der Waals surface area contributed by atoms with Crippen LogP contribution in [0.25, 0.3) is 0 Å². The normalized spacial score (nSPS) is 9.88. The molecule has 0 amide bonds. The molecular weight excluding hydrogens is 210 g/mol. The molecule has 88 valence electrons. The molecule has 0 fully saturated rings. The molecule has 0 unspecified atom stereocenters. The Morgan fingerprint density at radius 1 is 1.44 bits per heavy atom. The first-order valence-corrected chi connectivity index (χ1v) is 5.00. The van der Waals surface area contributed by atoms with E-state index in [4.69, 9.17) is 5.11 Å². The summed E-state index contributed by atoms with van der Waals surface area (Å²) in [6.45, 7) is 0.566. The van der Waals surface area contributed by atoms with Crippen molar-refractivity contribution in [2.75, 3.05) is 30.8 Å². The van der Waals surface area contributed by atoms with Crippen molar-refractivity contribution in [1.82, 2.24) is 0 Å². The van der Waals surface area contributed by atoms with E-state index >= 15 is 0 Å². The molecule has 0 bridgehead atoms. The number of benzene rings is 1. The number of para-hydroxylation sites is 1. The van der Waals surface area contributed by atoms with E-state index in [9.17, 15) is 10.1 Å². The number of nitro benzene ring substituents is 1. The Morgan fingerprint density at radius 3 is 2.69 bits per heavy atom. The van der Waals surface area contributed by atoms with Crippen molar-refractivity contribution in [3.05, 3.63) is 28.3 Å². The first kappa shape index (κ1) is 12.3. The van der Waals surface area contributed by atoms with Gasteiger partial charge in [-0.05, 0) is 18.6 Å². The zero-order chi connectivity index (χ0) is 12.0.